The number of amides is 2. The van der Waals surface area contributed by atoms with E-state index in [2.05, 4.69) is 15.7 Å². The summed E-state index contributed by atoms with van der Waals surface area (Å²) in [5.74, 6) is 0.181. The lowest BCUT2D eigenvalue weighted by atomic mass is 10.2. The number of hydrazine groups is 1. The molecule has 0 aliphatic carbocycles. The van der Waals surface area contributed by atoms with Gasteiger partial charge in [0, 0.05) is 5.69 Å². The summed E-state index contributed by atoms with van der Waals surface area (Å²) in [6.45, 7) is 7.47. The van der Waals surface area contributed by atoms with E-state index in [0.29, 0.717) is 11.4 Å². The molecular formula is C21H24N4O3. The van der Waals surface area contributed by atoms with Crippen LogP contribution < -0.4 is 20.5 Å². The number of carbonyl (C=O) groups excluding carboxylic acids is 2. The summed E-state index contributed by atoms with van der Waals surface area (Å²) < 4.78 is 5.67. The molecule has 146 valence electrons. The second-order valence-corrected chi connectivity index (χ2v) is 6.87. The SMILES string of the molecule is Cc1cc(OC(C)C)ccc1NC(=O)C1=NC(C)C(=O)N(c2ccccc2)N1. The van der Waals surface area contributed by atoms with Gasteiger partial charge >= 0.3 is 0 Å². The van der Waals surface area contributed by atoms with Crippen molar-refractivity contribution in [2.24, 2.45) is 4.99 Å². The molecule has 0 fully saturated rings. The quantitative estimate of drug-likeness (QED) is 0.835. The molecule has 2 aromatic carbocycles. The van der Waals surface area contributed by atoms with Crippen LogP contribution in [-0.2, 0) is 9.59 Å². The maximum Gasteiger partial charge on any atom is 0.292 e. The molecule has 0 radical (unpaired) electrons. The average Bonchev–Trinajstić information content (AvgIpc) is 2.66. The van der Waals surface area contributed by atoms with Crippen LogP contribution in [0.15, 0.2) is 53.5 Å². The lowest BCUT2D eigenvalue weighted by Crippen LogP contribution is -2.57. The highest BCUT2D eigenvalue weighted by atomic mass is 16.5. The molecule has 7 heteroatoms. The molecule has 1 aliphatic rings. The van der Waals surface area contributed by atoms with E-state index in [0.717, 1.165) is 11.3 Å². The van der Waals surface area contributed by atoms with Crippen LogP contribution >= 0.6 is 0 Å². The number of hydrogen-bond donors (Lipinski definition) is 2. The van der Waals surface area contributed by atoms with Crippen LogP contribution in [0.1, 0.15) is 26.3 Å². The Hall–Kier alpha value is -3.35. The van der Waals surface area contributed by atoms with Crippen molar-refractivity contribution in [3.05, 3.63) is 54.1 Å². The fourth-order valence-corrected chi connectivity index (χ4v) is 2.81. The van der Waals surface area contributed by atoms with Crippen molar-refractivity contribution in [1.82, 2.24) is 5.43 Å². The summed E-state index contributed by atoms with van der Waals surface area (Å²) in [6.07, 6.45) is 0.0728. The zero-order chi connectivity index (χ0) is 20.3. The largest absolute Gasteiger partial charge is 0.491 e. The Bertz CT molecular complexity index is 909. The van der Waals surface area contributed by atoms with E-state index in [9.17, 15) is 9.59 Å². The Labute approximate surface area is 164 Å². The topological polar surface area (TPSA) is 83.0 Å². The molecule has 0 aromatic heterocycles. The van der Waals surface area contributed by atoms with Gasteiger partial charge < -0.3 is 10.1 Å². The van der Waals surface area contributed by atoms with Crippen molar-refractivity contribution in [3.8, 4) is 5.75 Å². The summed E-state index contributed by atoms with van der Waals surface area (Å²) >= 11 is 0. The van der Waals surface area contributed by atoms with Crippen LogP contribution in [0.3, 0.4) is 0 Å². The van der Waals surface area contributed by atoms with Crippen molar-refractivity contribution in [2.45, 2.75) is 39.8 Å². The van der Waals surface area contributed by atoms with Gasteiger partial charge in [0.1, 0.15) is 11.8 Å². The number of amidine groups is 1. The molecular weight excluding hydrogens is 356 g/mol. The zero-order valence-electron chi connectivity index (χ0n) is 16.4. The highest BCUT2D eigenvalue weighted by molar-refractivity contribution is 6.43. The monoisotopic (exact) mass is 380 g/mol. The van der Waals surface area contributed by atoms with Gasteiger partial charge in [0.2, 0.25) is 5.84 Å². The normalized spacial score (nSPS) is 16.5. The minimum atomic E-state index is -0.662. The summed E-state index contributed by atoms with van der Waals surface area (Å²) in [5, 5.41) is 4.19. The van der Waals surface area contributed by atoms with Crippen LogP contribution in [0.5, 0.6) is 5.75 Å². The molecule has 0 spiro atoms. The lowest BCUT2D eigenvalue weighted by molar-refractivity contribution is -0.120. The molecule has 1 aliphatic heterocycles. The number of aryl methyl sites for hydroxylation is 1. The van der Waals surface area contributed by atoms with Gasteiger partial charge in [-0.2, -0.15) is 0 Å². The Morgan fingerprint density at radius 1 is 1.21 bits per heavy atom. The van der Waals surface area contributed by atoms with Gasteiger partial charge in [-0.15, -0.1) is 0 Å². The molecule has 1 heterocycles. The Morgan fingerprint density at radius 3 is 2.57 bits per heavy atom. The number of anilines is 2. The average molecular weight is 380 g/mol. The number of carbonyl (C=O) groups is 2. The standard InChI is InChI=1S/C21H24N4O3/c1-13(2)28-17-10-11-18(14(3)12-17)23-20(26)19-22-15(4)21(27)25(24-19)16-8-6-5-7-9-16/h5-13,15H,1-4H3,(H,22,24)(H,23,26). The molecule has 0 saturated heterocycles. The van der Waals surface area contributed by atoms with Crippen LogP contribution in [0.25, 0.3) is 0 Å². The second-order valence-electron chi connectivity index (χ2n) is 6.87. The Balaban J connectivity index is 1.77. The summed E-state index contributed by atoms with van der Waals surface area (Å²) in [7, 11) is 0. The van der Waals surface area contributed by atoms with Crippen LogP contribution in [0, 0.1) is 6.92 Å². The number of ether oxygens (including phenoxy) is 1. The first-order valence-electron chi connectivity index (χ1n) is 9.17. The number of nitrogens with zero attached hydrogens (tertiary/aromatic N) is 2. The number of hydrogen-bond acceptors (Lipinski definition) is 5. The van der Waals surface area contributed by atoms with Crippen molar-refractivity contribution < 1.29 is 14.3 Å². The molecule has 2 N–H and O–H groups in total. The maximum absolute atomic E-state index is 12.7. The van der Waals surface area contributed by atoms with E-state index in [4.69, 9.17) is 4.74 Å². The fraction of sp³-hybridized carbons (Fsp3) is 0.286. The number of aliphatic imine (C=N–C) groups is 1. The molecule has 1 unspecified atom stereocenters. The first kappa shape index (κ1) is 19.4. The maximum atomic E-state index is 12.7. The predicted molar refractivity (Wildman–Crippen MR) is 110 cm³/mol. The molecule has 0 bridgehead atoms. The number of benzene rings is 2. The van der Waals surface area contributed by atoms with E-state index < -0.39 is 11.9 Å². The first-order chi connectivity index (χ1) is 13.3. The van der Waals surface area contributed by atoms with Crippen LogP contribution in [0.4, 0.5) is 11.4 Å². The number of nitrogens with one attached hydrogen (secondary N) is 2. The highest BCUT2D eigenvalue weighted by Gasteiger charge is 2.30. The third-order valence-electron chi connectivity index (χ3n) is 4.17. The van der Waals surface area contributed by atoms with Crippen molar-refractivity contribution in [3.63, 3.8) is 0 Å². The van der Waals surface area contributed by atoms with Gasteiger partial charge in [-0.25, -0.2) is 10.0 Å². The van der Waals surface area contributed by atoms with Gasteiger partial charge in [-0.05, 0) is 63.6 Å². The zero-order valence-corrected chi connectivity index (χ0v) is 16.4. The Morgan fingerprint density at radius 2 is 1.93 bits per heavy atom. The lowest BCUT2D eigenvalue weighted by Gasteiger charge is -2.30. The van der Waals surface area contributed by atoms with Gasteiger partial charge in [-0.1, -0.05) is 18.2 Å². The summed E-state index contributed by atoms with van der Waals surface area (Å²) in [4.78, 5) is 29.4. The van der Waals surface area contributed by atoms with Crippen molar-refractivity contribution in [1.29, 1.82) is 0 Å². The van der Waals surface area contributed by atoms with Crippen molar-refractivity contribution >= 4 is 29.0 Å². The molecule has 3 rings (SSSR count). The summed E-state index contributed by atoms with van der Waals surface area (Å²) in [6, 6.07) is 13.9. The number of para-hydroxylation sites is 1. The van der Waals surface area contributed by atoms with E-state index in [1.807, 2.05) is 45.0 Å². The highest BCUT2D eigenvalue weighted by Crippen LogP contribution is 2.23. The third-order valence-corrected chi connectivity index (χ3v) is 4.17. The Kier molecular flexibility index (Phi) is 5.63. The van der Waals surface area contributed by atoms with E-state index in [1.165, 1.54) is 5.01 Å². The van der Waals surface area contributed by atoms with Gasteiger partial charge in [0.05, 0.1) is 11.8 Å². The molecule has 7 nitrogen and oxygen atoms in total. The predicted octanol–water partition coefficient (Wildman–Crippen LogP) is 3.06. The molecule has 0 saturated carbocycles. The fourth-order valence-electron chi connectivity index (χ4n) is 2.81. The molecule has 2 aromatic rings. The van der Waals surface area contributed by atoms with Crippen LogP contribution in [-0.4, -0.2) is 29.8 Å². The summed E-state index contributed by atoms with van der Waals surface area (Å²) in [5.41, 5.74) is 4.99. The number of rotatable bonds is 5. The van der Waals surface area contributed by atoms with E-state index in [1.54, 1.807) is 31.2 Å². The van der Waals surface area contributed by atoms with E-state index >= 15 is 0 Å². The third kappa shape index (κ3) is 4.31. The van der Waals surface area contributed by atoms with E-state index in [-0.39, 0.29) is 17.8 Å². The first-order valence-corrected chi connectivity index (χ1v) is 9.17. The molecule has 28 heavy (non-hydrogen) atoms. The van der Waals surface area contributed by atoms with Crippen LogP contribution in [0.2, 0.25) is 0 Å². The minimum absolute atomic E-state index is 0.0728. The van der Waals surface area contributed by atoms with Gasteiger partial charge in [0.15, 0.2) is 0 Å². The van der Waals surface area contributed by atoms with Gasteiger partial charge in [0.25, 0.3) is 11.8 Å². The smallest absolute Gasteiger partial charge is 0.292 e. The van der Waals surface area contributed by atoms with Crippen molar-refractivity contribution in [2.75, 3.05) is 10.3 Å². The minimum Gasteiger partial charge on any atom is -0.491 e. The molecule has 2 amide bonds. The van der Waals surface area contributed by atoms with Gasteiger partial charge in [-0.3, -0.25) is 15.0 Å². The molecule has 1 atom stereocenters. The second kappa shape index (κ2) is 8.12.